The Labute approximate surface area is 116 Å². The van der Waals surface area contributed by atoms with Crippen LogP contribution in [0.15, 0.2) is 9.85 Å². The van der Waals surface area contributed by atoms with Gasteiger partial charge in [-0.25, -0.2) is 0 Å². The van der Waals surface area contributed by atoms with E-state index in [4.69, 9.17) is 6.42 Å². The first-order valence-corrected chi connectivity index (χ1v) is 7.87. The first-order chi connectivity index (χ1) is 8.31. The van der Waals surface area contributed by atoms with Crippen LogP contribution in [-0.2, 0) is 6.42 Å². The third kappa shape index (κ3) is 3.58. The molecule has 92 valence electrons. The lowest BCUT2D eigenvalue weighted by atomic mass is 9.94. The Bertz CT molecular complexity index is 405. The number of halogens is 1. The van der Waals surface area contributed by atoms with E-state index in [1.165, 1.54) is 35.0 Å². The highest BCUT2D eigenvalue weighted by Crippen LogP contribution is 2.37. The van der Waals surface area contributed by atoms with Crippen LogP contribution in [0.2, 0.25) is 0 Å². The summed E-state index contributed by atoms with van der Waals surface area (Å²) >= 11 is 5.48. The van der Waals surface area contributed by atoms with Crippen LogP contribution in [0, 0.1) is 12.3 Å². The Morgan fingerprint density at radius 3 is 3.24 bits per heavy atom. The lowest BCUT2D eigenvalue weighted by Crippen LogP contribution is -2.25. The fourth-order valence-corrected chi connectivity index (χ4v) is 4.18. The summed E-state index contributed by atoms with van der Waals surface area (Å²) in [4.78, 5) is 1.56. The summed E-state index contributed by atoms with van der Waals surface area (Å²) in [6, 6.07) is 2.85. The van der Waals surface area contributed by atoms with Gasteiger partial charge in [0.25, 0.3) is 0 Å². The average Bonchev–Trinajstić information content (AvgIpc) is 2.70. The second-order valence-corrected chi connectivity index (χ2v) is 7.01. The summed E-state index contributed by atoms with van der Waals surface area (Å²) in [6.45, 7) is 1.08. The Morgan fingerprint density at radius 2 is 2.41 bits per heavy atom. The van der Waals surface area contributed by atoms with E-state index in [0.29, 0.717) is 6.04 Å². The van der Waals surface area contributed by atoms with E-state index in [-0.39, 0.29) is 0 Å². The fraction of sp³-hybridized carbons (Fsp3) is 0.571. The van der Waals surface area contributed by atoms with Gasteiger partial charge in [-0.2, -0.15) is 0 Å². The molecule has 17 heavy (non-hydrogen) atoms. The van der Waals surface area contributed by atoms with Crippen molar-refractivity contribution in [2.45, 2.75) is 44.6 Å². The molecular formula is C14H18BrNS. The number of rotatable bonds is 5. The highest BCUT2D eigenvalue weighted by Gasteiger charge is 2.21. The minimum Gasteiger partial charge on any atom is -0.310 e. The molecule has 0 spiro atoms. The Hall–Kier alpha value is -0.300. The molecule has 0 aromatic carbocycles. The molecule has 1 aromatic heterocycles. The lowest BCUT2D eigenvalue weighted by Gasteiger charge is -2.23. The second kappa shape index (κ2) is 6.58. The molecule has 3 heteroatoms. The fourth-order valence-electron chi connectivity index (χ4n) is 2.36. The van der Waals surface area contributed by atoms with Gasteiger partial charge in [-0.3, -0.25) is 0 Å². The summed E-state index contributed by atoms with van der Waals surface area (Å²) in [5.41, 5.74) is 1.52. The van der Waals surface area contributed by atoms with Crippen molar-refractivity contribution in [2.75, 3.05) is 6.54 Å². The average molecular weight is 312 g/mol. The van der Waals surface area contributed by atoms with Crippen LogP contribution in [0.3, 0.4) is 0 Å². The van der Waals surface area contributed by atoms with Gasteiger partial charge in [0.2, 0.25) is 0 Å². The quantitative estimate of drug-likeness (QED) is 0.632. The van der Waals surface area contributed by atoms with Crippen molar-refractivity contribution in [3.8, 4) is 12.3 Å². The van der Waals surface area contributed by atoms with Crippen molar-refractivity contribution in [3.05, 3.63) is 20.3 Å². The molecule has 1 heterocycles. The molecule has 0 bridgehead atoms. The number of aryl methyl sites for hydroxylation is 1. The molecule has 0 saturated heterocycles. The largest absolute Gasteiger partial charge is 0.310 e. The van der Waals surface area contributed by atoms with Crippen molar-refractivity contribution in [3.63, 3.8) is 0 Å². The first-order valence-electron chi connectivity index (χ1n) is 6.26. The standard InChI is InChI=1S/C14H18BrNS/c1-2-3-4-5-9-16-12-7-6-8-13-11(12)10-14(15)17-13/h1,10,12,16H,3-9H2. The molecule has 0 amide bonds. The Morgan fingerprint density at radius 1 is 1.53 bits per heavy atom. The zero-order valence-electron chi connectivity index (χ0n) is 9.97. The van der Waals surface area contributed by atoms with Gasteiger partial charge in [0.15, 0.2) is 0 Å². The smallest absolute Gasteiger partial charge is 0.0704 e. The summed E-state index contributed by atoms with van der Waals surface area (Å²) < 4.78 is 1.27. The van der Waals surface area contributed by atoms with E-state index in [0.717, 1.165) is 19.4 Å². The highest BCUT2D eigenvalue weighted by molar-refractivity contribution is 9.11. The predicted molar refractivity (Wildman–Crippen MR) is 78.4 cm³/mol. The minimum absolute atomic E-state index is 0.562. The van der Waals surface area contributed by atoms with E-state index in [1.807, 2.05) is 11.3 Å². The number of fused-ring (bicyclic) bond motifs is 1. The summed E-state index contributed by atoms with van der Waals surface area (Å²) in [5.74, 6) is 2.69. The maximum Gasteiger partial charge on any atom is 0.0704 e. The molecule has 0 aliphatic heterocycles. The van der Waals surface area contributed by atoms with Crippen LogP contribution < -0.4 is 5.32 Å². The predicted octanol–water partition coefficient (Wildman–Crippen LogP) is 4.28. The number of hydrogen-bond donors (Lipinski definition) is 1. The molecule has 0 radical (unpaired) electrons. The van der Waals surface area contributed by atoms with Gasteiger partial charge in [-0.15, -0.1) is 23.7 Å². The molecule has 1 atom stereocenters. The molecule has 1 nitrogen and oxygen atoms in total. The van der Waals surface area contributed by atoms with Crippen molar-refractivity contribution in [1.29, 1.82) is 0 Å². The normalized spacial score (nSPS) is 18.7. The van der Waals surface area contributed by atoms with Crippen LogP contribution >= 0.6 is 27.3 Å². The van der Waals surface area contributed by atoms with Crippen LogP contribution in [0.4, 0.5) is 0 Å². The van der Waals surface area contributed by atoms with E-state index in [1.54, 1.807) is 4.88 Å². The van der Waals surface area contributed by atoms with Crippen molar-refractivity contribution >= 4 is 27.3 Å². The van der Waals surface area contributed by atoms with E-state index >= 15 is 0 Å². The van der Waals surface area contributed by atoms with E-state index < -0.39 is 0 Å². The van der Waals surface area contributed by atoms with E-state index in [2.05, 4.69) is 33.2 Å². The summed E-state index contributed by atoms with van der Waals surface area (Å²) in [6.07, 6.45) is 12.3. The molecule has 0 saturated carbocycles. The molecule has 1 aliphatic carbocycles. The van der Waals surface area contributed by atoms with Gasteiger partial charge in [-0.05, 0) is 66.2 Å². The molecule has 1 N–H and O–H groups in total. The minimum atomic E-state index is 0.562. The Balaban J connectivity index is 1.84. The molecule has 2 rings (SSSR count). The van der Waals surface area contributed by atoms with Gasteiger partial charge in [0.1, 0.15) is 0 Å². The van der Waals surface area contributed by atoms with Crippen LogP contribution in [0.25, 0.3) is 0 Å². The zero-order chi connectivity index (χ0) is 12.1. The number of terminal acetylenes is 1. The van der Waals surface area contributed by atoms with Crippen LogP contribution in [0.1, 0.15) is 48.6 Å². The number of hydrogen-bond acceptors (Lipinski definition) is 2. The molecule has 1 unspecified atom stereocenters. The number of unbranched alkanes of at least 4 members (excludes halogenated alkanes) is 2. The number of thiophene rings is 1. The monoisotopic (exact) mass is 311 g/mol. The lowest BCUT2D eigenvalue weighted by molar-refractivity contribution is 0.456. The van der Waals surface area contributed by atoms with Gasteiger partial charge in [0.05, 0.1) is 3.79 Å². The van der Waals surface area contributed by atoms with Crippen molar-refractivity contribution in [1.82, 2.24) is 5.32 Å². The third-order valence-corrected chi connectivity index (χ3v) is 4.94. The maximum atomic E-state index is 5.25. The third-order valence-electron chi connectivity index (χ3n) is 3.22. The van der Waals surface area contributed by atoms with E-state index in [9.17, 15) is 0 Å². The first kappa shape index (κ1) is 13.1. The number of nitrogens with one attached hydrogen (secondary N) is 1. The van der Waals surface area contributed by atoms with Gasteiger partial charge in [-0.1, -0.05) is 0 Å². The molecule has 1 aromatic rings. The SMILES string of the molecule is C#CCCCCNC1CCCc2sc(Br)cc21. The molecule has 0 fully saturated rings. The van der Waals surface area contributed by atoms with Crippen LogP contribution in [-0.4, -0.2) is 6.54 Å². The summed E-state index contributed by atoms with van der Waals surface area (Å²) in [7, 11) is 0. The van der Waals surface area contributed by atoms with Crippen LogP contribution in [0.5, 0.6) is 0 Å². The summed E-state index contributed by atoms with van der Waals surface area (Å²) in [5, 5.41) is 3.67. The molecular weight excluding hydrogens is 294 g/mol. The van der Waals surface area contributed by atoms with Crippen molar-refractivity contribution in [2.24, 2.45) is 0 Å². The Kier molecular flexibility index (Phi) is 5.09. The maximum absolute atomic E-state index is 5.25. The molecule has 1 aliphatic rings. The highest BCUT2D eigenvalue weighted by atomic mass is 79.9. The topological polar surface area (TPSA) is 12.0 Å². The van der Waals surface area contributed by atoms with Crippen molar-refractivity contribution < 1.29 is 0 Å². The van der Waals surface area contributed by atoms with Gasteiger partial charge < -0.3 is 5.32 Å². The van der Waals surface area contributed by atoms with Gasteiger partial charge >= 0.3 is 0 Å². The second-order valence-electron chi connectivity index (χ2n) is 4.49. The van der Waals surface area contributed by atoms with Gasteiger partial charge in [0, 0.05) is 17.3 Å². The zero-order valence-corrected chi connectivity index (χ0v) is 12.4.